The van der Waals surface area contributed by atoms with Gasteiger partial charge in [0.1, 0.15) is 16.7 Å². The van der Waals surface area contributed by atoms with Crippen molar-refractivity contribution in [2.45, 2.75) is 13.8 Å². The number of hydrogen-bond acceptors (Lipinski definition) is 6. The van der Waals surface area contributed by atoms with Crippen LogP contribution in [0.2, 0.25) is 5.15 Å². The van der Waals surface area contributed by atoms with Crippen molar-refractivity contribution >= 4 is 23.4 Å². The summed E-state index contributed by atoms with van der Waals surface area (Å²) in [5.41, 5.74) is 1.78. The molecule has 0 fully saturated rings. The highest BCUT2D eigenvalue weighted by Crippen LogP contribution is 2.25. The lowest BCUT2D eigenvalue weighted by molar-refractivity contribution is 0.0473. The summed E-state index contributed by atoms with van der Waals surface area (Å²) in [5.74, 6) is -0.206. The summed E-state index contributed by atoms with van der Waals surface area (Å²) >= 11 is 6.01. The number of rotatable bonds is 6. The minimum Gasteiger partial charge on any atom is -0.497 e. The summed E-state index contributed by atoms with van der Waals surface area (Å²) in [6, 6.07) is 6.48. The summed E-state index contributed by atoms with van der Waals surface area (Å²) in [6.45, 7) is 3.06. The molecule has 0 aliphatic heterocycles. The van der Waals surface area contributed by atoms with E-state index in [-0.39, 0.29) is 10.7 Å². The molecule has 0 saturated heterocycles. The maximum atomic E-state index is 12.3. The summed E-state index contributed by atoms with van der Waals surface area (Å²) in [4.78, 5) is 28.6. The van der Waals surface area contributed by atoms with Gasteiger partial charge in [0, 0.05) is 11.8 Å². The highest BCUT2D eigenvalue weighted by atomic mass is 35.5. The Balaban J connectivity index is 2.14. The molecule has 2 aromatic rings. The largest absolute Gasteiger partial charge is 0.497 e. The number of hydrogen-bond donors (Lipinski definition) is 0. The molecule has 0 N–H and O–H groups in total. The van der Waals surface area contributed by atoms with Crippen molar-refractivity contribution < 1.29 is 23.8 Å². The monoisotopic (exact) mass is 363 g/mol. The second kappa shape index (κ2) is 7.98. The predicted octanol–water partition coefficient (Wildman–Crippen LogP) is 3.41. The first-order valence-electron chi connectivity index (χ1n) is 7.43. The number of ether oxygens (including phenoxy) is 3. The smallest absolute Gasteiger partial charge is 0.342 e. The van der Waals surface area contributed by atoms with E-state index in [0.29, 0.717) is 28.3 Å². The predicted molar refractivity (Wildman–Crippen MR) is 92.9 cm³/mol. The molecule has 1 aromatic heterocycles. The topological polar surface area (TPSA) is 74.7 Å². The first-order chi connectivity index (χ1) is 11.9. The zero-order chi connectivity index (χ0) is 18.6. The Morgan fingerprint density at radius 3 is 2.44 bits per heavy atom. The van der Waals surface area contributed by atoms with Crippen LogP contribution in [-0.2, 0) is 4.74 Å². The van der Waals surface area contributed by atoms with Gasteiger partial charge in [-0.2, -0.15) is 0 Å². The van der Waals surface area contributed by atoms with E-state index in [1.165, 1.54) is 14.2 Å². The van der Waals surface area contributed by atoms with Gasteiger partial charge in [0.2, 0.25) is 5.78 Å². The number of esters is 1. The van der Waals surface area contributed by atoms with Crippen molar-refractivity contribution in [3.63, 3.8) is 0 Å². The fourth-order valence-electron chi connectivity index (χ4n) is 2.35. The van der Waals surface area contributed by atoms with Gasteiger partial charge in [0.25, 0.3) is 0 Å². The van der Waals surface area contributed by atoms with Crippen LogP contribution in [0.5, 0.6) is 11.5 Å². The molecule has 0 bridgehead atoms. The van der Waals surface area contributed by atoms with Crippen LogP contribution < -0.4 is 9.47 Å². The van der Waals surface area contributed by atoms with E-state index in [0.717, 1.165) is 0 Å². The minimum absolute atomic E-state index is 0.0528. The molecule has 1 heterocycles. The number of Topliss-reactive ketones (excluding diaryl/α,β-unsaturated/α-hetero) is 1. The van der Waals surface area contributed by atoms with Crippen molar-refractivity contribution in [2.75, 3.05) is 20.8 Å². The van der Waals surface area contributed by atoms with Crippen molar-refractivity contribution in [3.8, 4) is 11.5 Å². The normalized spacial score (nSPS) is 10.3. The van der Waals surface area contributed by atoms with Crippen LogP contribution in [0.3, 0.4) is 0 Å². The van der Waals surface area contributed by atoms with Crippen LogP contribution in [0.15, 0.2) is 24.3 Å². The molecule has 0 atom stereocenters. The summed E-state index contributed by atoms with van der Waals surface area (Å²) in [5, 5.41) is 0.0528. The Labute approximate surface area is 150 Å². The Kier molecular flexibility index (Phi) is 5.98. The average Bonchev–Trinajstić information content (AvgIpc) is 2.58. The first-order valence-corrected chi connectivity index (χ1v) is 7.81. The van der Waals surface area contributed by atoms with E-state index in [1.807, 2.05) is 0 Å². The molecule has 1 aromatic carbocycles. The first kappa shape index (κ1) is 18.7. The second-order valence-corrected chi connectivity index (χ2v) is 5.67. The molecular weight excluding hydrogens is 346 g/mol. The van der Waals surface area contributed by atoms with Gasteiger partial charge in [-0.05, 0) is 37.6 Å². The van der Waals surface area contributed by atoms with Crippen LogP contribution in [0, 0.1) is 13.8 Å². The van der Waals surface area contributed by atoms with Gasteiger partial charge in [-0.15, -0.1) is 0 Å². The summed E-state index contributed by atoms with van der Waals surface area (Å²) in [6.07, 6.45) is 0. The van der Waals surface area contributed by atoms with Gasteiger partial charge in [0.15, 0.2) is 6.61 Å². The van der Waals surface area contributed by atoms with E-state index < -0.39 is 18.4 Å². The van der Waals surface area contributed by atoms with Crippen molar-refractivity contribution in [2.24, 2.45) is 0 Å². The standard InChI is InChI=1S/C18H18ClNO5/c1-10-7-11(2)20-17(19)16(10)18(22)25-9-14(21)13-6-5-12(23-3)8-15(13)24-4/h5-8H,9H2,1-4H3. The Morgan fingerprint density at radius 2 is 1.84 bits per heavy atom. The summed E-state index contributed by atoms with van der Waals surface area (Å²) in [7, 11) is 2.96. The van der Waals surface area contributed by atoms with Gasteiger partial charge < -0.3 is 14.2 Å². The average molecular weight is 364 g/mol. The number of nitrogens with zero attached hydrogens (tertiary/aromatic N) is 1. The van der Waals surface area contributed by atoms with Crippen LogP contribution in [-0.4, -0.2) is 37.6 Å². The van der Waals surface area contributed by atoms with Gasteiger partial charge in [-0.25, -0.2) is 9.78 Å². The molecule has 2 rings (SSSR count). The zero-order valence-corrected chi connectivity index (χ0v) is 15.1. The molecule has 7 heteroatoms. The fourth-order valence-corrected chi connectivity index (χ4v) is 2.71. The lowest BCUT2D eigenvalue weighted by Crippen LogP contribution is -2.16. The second-order valence-electron chi connectivity index (χ2n) is 5.31. The SMILES string of the molecule is COc1ccc(C(=O)COC(=O)c2c(C)cc(C)nc2Cl)c(OC)c1. The van der Waals surface area contributed by atoms with Crippen molar-refractivity contribution in [3.05, 3.63) is 51.8 Å². The van der Waals surface area contributed by atoms with Gasteiger partial charge >= 0.3 is 5.97 Å². The number of methoxy groups -OCH3 is 2. The highest BCUT2D eigenvalue weighted by Gasteiger charge is 2.20. The third-order valence-corrected chi connectivity index (χ3v) is 3.82. The molecule has 0 amide bonds. The molecule has 0 saturated carbocycles. The molecule has 0 radical (unpaired) electrons. The van der Waals surface area contributed by atoms with E-state index in [9.17, 15) is 9.59 Å². The number of pyridine rings is 1. The molecule has 25 heavy (non-hydrogen) atoms. The van der Waals surface area contributed by atoms with Gasteiger partial charge in [-0.1, -0.05) is 11.6 Å². The third kappa shape index (κ3) is 4.28. The van der Waals surface area contributed by atoms with Gasteiger partial charge in [0.05, 0.1) is 25.3 Å². The van der Waals surface area contributed by atoms with Crippen molar-refractivity contribution in [1.82, 2.24) is 4.98 Å². The fraction of sp³-hybridized carbons (Fsp3) is 0.278. The lowest BCUT2D eigenvalue weighted by atomic mass is 10.1. The number of aryl methyl sites for hydroxylation is 2. The molecule has 0 aliphatic rings. The molecule has 132 valence electrons. The maximum absolute atomic E-state index is 12.3. The molecule has 0 aliphatic carbocycles. The molecule has 0 unspecified atom stereocenters. The number of ketones is 1. The quantitative estimate of drug-likeness (QED) is 0.445. The Morgan fingerprint density at radius 1 is 1.12 bits per heavy atom. The van der Waals surface area contributed by atoms with Crippen molar-refractivity contribution in [1.29, 1.82) is 0 Å². The molecule has 6 nitrogen and oxygen atoms in total. The Bertz CT molecular complexity index is 796. The van der Waals surface area contributed by atoms with E-state index >= 15 is 0 Å². The molecular formula is C18H18ClNO5. The van der Waals surface area contributed by atoms with E-state index in [4.69, 9.17) is 25.8 Å². The number of aromatic nitrogens is 1. The van der Waals surface area contributed by atoms with Crippen LogP contribution in [0.25, 0.3) is 0 Å². The zero-order valence-electron chi connectivity index (χ0n) is 14.4. The third-order valence-electron chi connectivity index (χ3n) is 3.55. The summed E-state index contributed by atoms with van der Waals surface area (Å²) < 4.78 is 15.4. The number of carbonyl (C=O) groups excluding carboxylic acids is 2. The lowest BCUT2D eigenvalue weighted by Gasteiger charge is -2.11. The van der Waals surface area contributed by atoms with Crippen LogP contribution in [0.4, 0.5) is 0 Å². The van der Waals surface area contributed by atoms with E-state index in [2.05, 4.69) is 4.98 Å². The Hall–Kier alpha value is -2.60. The molecule has 0 spiro atoms. The maximum Gasteiger partial charge on any atom is 0.342 e. The number of carbonyl (C=O) groups is 2. The number of benzene rings is 1. The van der Waals surface area contributed by atoms with E-state index in [1.54, 1.807) is 38.1 Å². The highest BCUT2D eigenvalue weighted by molar-refractivity contribution is 6.32. The van der Waals surface area contributed by atoms with Crippen LogP contribution >= 0.6 is 11.6 Å². The number of halogens is 1. The van der Waals surface area contributed by atoms with Gasteiger partial charge in [-0.3, -0.25) is 4.79 Å². The van der Waals surface area contributed by atoms with Crippen LogP contribution in [0.1, 0.15) is 32.0 Å². The minimum atomic E-state index is -0.698.